The average molecular weight is 263 g/mol. The fourth-order valence-electron chi connectivity index (χ4n) is 1.75. The van der Waals surface area contributed by atoms with E-state index in [-0.39, 0.29) is 17.7 Å². The van der Waals surface area contributed by atoms with E-state index in [9.17, 15) is 9.59 Å². The van der Waals surface area contributed by atoms with Crippen molar-refractivity contribution in [2.24, 2.45) is 11.7 Å². The molecule has 1 rings (SSSR count). The Morgan fingerprint density at radius 2 is 1.79 bits per heavy atom. The number of rotatable bonds is 7. The Kier molecular flexibility index (Phi) is 6.60. The van der Waals surface area contributed by atoms with Gasteiger partial charge in [-0.05, 0) is 12.0 Å². The van der Waals surface area contributed by atoms with Crippen LogP contribution < -0.4 is 16.4 Å². The predicted molar refractivity (Wildman–Crippen MR) is 74.4 cm³/mol. The highest BCUT2D eigenvalue weighted by atomic mass is 16.2. The lowest BCUT2D eigenvalue weighted by Crippen LogP contribution is -2.40. The third kappa shape index (κ3) is 6.01. The molecule has 0 heterocycles. The summed E-state index contributed by atoms with van der Waals surface area (Å²) in [5.41, 5.74) is 6.74. The quantitative estimate of drug-likeness (QED) is 0.608. The second-order valence-electron chi connectivity index (χ2n) is 4.40. The van der Waals surface area contributed by atoms with Gasteiger partial charge >= 0.3 is 0 Å². The topological polar surface area (TPSA) is 84.2 Å². The maximum absolute atomic E-state index is 11.9. The molecule has 0 saturated carbocycles. The zero-order valence-corrected chi connectivity index (χ0v) is 11.2. The standard InChI is InChI=1S/C14H21N3O2/c1-11(18)16-7-8-17-14(19)13(10-15)9-12-5-3-2-4-6-12/h2-6,13H,7-10,15H2,1H3,(H,16,18)(H,17,19). The van der Waals surface area contributed by atoms with E-state index in [2.05, 4.69) is 10.6 Å². The average Bonchev–Trinajstić information content (AvgIpc) is 2.41. The molecule has 5 heteroatoms. The van der Waals surface area contributed by atoms with E-state index in [1.165, 1.54) is 6.92 Å². The van der Waals surface area contributed by atoms with E-state index in [0.29, 0.717) is 26.1 Å². The molecule has 5 nitrogen and oxygen atoms in total. The summed E-state index contributed by atoms with van der Waals surface area (Å²) in [7, 11) is 0. The molecular weight excluding hydrogens is 242 g/mol. The molecule has 104 valence electrons. The predicted octanol–water partition coefficient (Wildman–Crippen LogP) is 0.0563. The van der Waals surface area contributed by atoms with Crippen LogP contribution in [0.1, 0.15) is 12.5 Å². The first kappa shape index (κ1) is 15.2. The molecular formula is C14H21N3O2. The van der Waals surface area contributed by atoms with Gasteiger partial charge in [-0.2, -0.15) is 0 Å². The first-order valence-corrected chi connectivity index (χ1v) is 6.39. The molecule has 1 aromatic rings. The summed E-state index contributed by atoms with van der Waals surface area (Å²) in [6.45, 7) is 2.61. The number of carbonyl (C=O) groups excluding carboxylic acids is 2. The van der Waals surface area contributed by atoms with Crippen LogP contribution in [0.25, 0.3) is 0 Å². The molecule has 1 unspecified atom stereocenters. The molecule has 2 amide bonds. The molecule has 0 fully saturated rings. The van der Waals surface area contributed by atoms with Crippen LogP contribution >= 0.6 is 0 Å². The minimum absolute atomic E-state index is 0.0725. The third-order valence-corrected chi connectivity index (χ3v) is 2.78. The van der Waals surface area contributed by atoms with Crippen LogP contribution in [0.5, 0.6) is 0 Å². The number of nitrogens with two attached hydrogens (primary N) is 1. The smallest absolute Gasteiger partial charge is 0.224 e. The molecule has 0 aliphatic heterocycles. The Labute approximate surface area is 113 Å². The lowest BCUT2D eigenvalue weighted by Gasteiger charge is -2.15. The Morgan fingerprint density at radius 3 is 2.37 bits per heavy atom. The highest BCUT2D eigenvalue weighted by molar-refractivity contribution is 5.79. The van der Waals surface area contributed by atoms with Gasteiger partial charge in [-0.1, -0.05) is 30.3 Å². The molecule has 0 aliphatic rings. The summed E-state index contributed by atoms with van der Waals surface area (Å²) in [6.07, 6.45) is 0.628. The van der Waals surface area contributed by atoms with Gasteiger partial charge in [0.25, 0.3) is 0 Å². The van der Waals surface area contributed by atoms with Crippen molar-refractivity contribution in [3.05, 3.63) is 35.9 Å². The van der Waals surface area contributed by atoms with E-state index in [1.54, 1.807) is 0 Å². The van der Waals surface area contributed by atoms with Gasteiger partial charge in [-0.25, -0.2) is 0 Å². The monoisotopic (exact) mass is 263 g/mol. The molecule has 0 saturated heterocycles. The van der Waals surface area contributed by atoms with Crippen molar-refractivity contribution < 1.29 is 9.59 Å². The fraction of sp³-hybridized carbons (Fsp3) is 0.429. The van der Waals surface area contributed by atoms with Gasteiger partial charge in [-0.15, -0.1) is 0 Å². The van der Waals surface area contributed by atoms with E-state index in [4.69, 9.17) is 5.73 Å². The summed E-state index contributed by atoms with van der Waals surface area (Å²) in [4.78, 5) is 22.6. The number of carbonyl (C=O) groups is 2. The van der Waals surface area contributed by atoms with Crippen molar-refractivity contribution in [2.75, 3.05) is 19.6 Å². The molecule has 19 heavy (non-hydrogen) atoms. The maximum atomic E-state index is 11.9. The highest BCUT2D eigenvalue weighted by Crippen LogP contribution is 2.07. The third-order valence-electron chi connectivity index (χ3n) is 2.78. The van der Waals surface area contributed by atoms with Gasteiger partial charge < -0.3 is 16.4 Å². The molecule has 1 atom stereocenters. The Bertz CT molecular complexity index is 406. The molecule has 1 aromatic carbocycles. The van der Waals surface area contributed by atoms with Gasteiger partial charge in [0.15, 0.2) is 0 Å². The molecule has 0 spiro atoms. The van der Waals surface area contributed by atoms with Crippen LogP contribution in [-0.2, 0) is 16.0 Å². The van der Waals surface area contributed by atoms with Crippen LogP contribution in [0.3, 0.4) is 0 Å². The van der Waals surface area contributed by atoms with Gasteiger partial charge in [0.1, 0.15) is 0 Å². The summed E-state index contributed by atoms with van der Waals surface area (Å²) < 4.78 is 0. The SMILES string of the molecule is CC(=O)NCCNC(=O)C(CN)Cc1ccccc1. The Hall–Kier alpha value is -1.88. The van der Waals surface area contributed by atoms with Gasteiger partial charge in [0.05, 0.1) is 5.92 Å². The van der Waals surface area contributed by atoms with Crippen molar-refractivity contribution in [1.29, 1.82) is 0 Å². The summed E-state index contributed by atoms with van der Waals surface area (Å²) in [5, 5.41) is 5.40. The molecule has 0 aliphatic carbocycles. The van der Waals surface area contributed by atoms with Crippen molar-refractivity contribution in [3.63, 3.8) is 0 Å². The second kappa shape index (κ2) is 8.26. The molecule has 0 radical (unpaired) electrons. The Balaban J connectivity index is 2.37. The second-order valence-corrected chi connectivity index (χ2v) is 4.40. The zero-order chi connectivity index (χ0) is 14.1. The van der Waals surface area contributed by atoms with Crippen LogP contribution in [0.4, 0.5) is 0 Å². The Morgan fingerprint density at radius 1 is 1.16 bits per heavy atom. The van der Waals surface area contributed by atoms with Crippen LogP contribution in [0.15, 0.2) is 30.3 Å². The largest absolute Gasteiger partial charge is 0.355 e. The lowest BCUT2D eigenvalue weighted by molar-refractivity contribution is -0.125. The van der Waals surface area contributed by atoms with Crippen molar-refractivity contribution >= 4 is 11.8 Å². The normalized spacial score (nSPS) is 11.7. The van der Waals surface area contributed by atoms with E-state index >= 15 is 0 Å². The van der Waals surface area contributed by atoms with Crippen LogP contribution in [-0.4, -0.2) is 31.4 Å². The molecule has 0 aromatic heterocycles. The number of benzene rings is 1. The summed E-state index contributed by atoms with van der Waals surface area (Å²) >= 11 is 0. The number of amides is 2. The minimum atomic E-state index is -0.236. The van der Waals surface area contributed by atoms with Crippen molar-refractivity contribution in [3.8, 4) is 0 Å². The summed E-state index contributed by atoms with van der Waals surface area (Å²) in [6, 6.07) is 9.78. The van der Waals surface area contributed by atoms with Gasteiger partial charge in [0.2, 0.25) is 11.8 Å². The van der Waals surface area contributed by atoms with Gasteiger partial charge in [0, 0.05) is 26.6 Å². The van der Waals surface area contributed by atoms with Crippen LogP contribution in [0, 0.1) is 5.92 Å². The van der Waals surface area contributed by atoms with E-state index in [1.807, 2.05) is 30.3 Å². The number of nitrogens with one attached hydrogen (secondary N) is 2. The fourth-order valence-corrected chi connectivity index (χ4v) is 1.75. The van der Waals surface area contributed by atoms with Crippen molar-refractivity contribution in [1.82, 2.24) is 10.6 Å². The molecule has 4 N–H and O–H groups in total. The van der Waals surface area contributed by atoms with E-state index in [0.717, 1.165) is 5.56 Å². The minimum Gasteiger partial charge on any atom is -0.355 e. The number of hydrogen-bond acceptors (Lipinski definition) is 3. The number of hydrogen-bond donors (Lipinski definition) is 3. The first-order valence-electron chi connectivity index (χ1n) is 6.39. The van der Waals surface area contributed by atoms with Gasteiger partial charge in [-0.3, -0.25) is 9.59 Å². The maximum Gasteiger partial charge on any atom is 0.224 e. The first-order chi connectivity index (χ1) is 9.13. The zero-order valence-electron chi connectivity index (χ0n) is 11.2. The lowest BCUT2D eigenvalue weighted by atomic mass is 9.98. The summed E-state index contributed by atoms with van der Waals surface area (Å²) in [5.74, 6) is -0.412. The van der Waals surface area contributed by atoms with Crippen LogP contribution in [0.2, 0.25) is 0 Å². The van der Waals surface area contributed by atoms with Crippen molar-refractivity contribution in [2.45, 2.75) is 13.3 Å². The highest BCUT2D eigenvalue weighted by Gasteiger charge is 2.16. The molecule has 0 bridgehead atoms. The van der Waals surface area contributed by atoms with E-state index < -0.39 is 0 Å².